The van der Waals surface area contributed by atoms with Crippen LogP contribution in [0.3, 0.4) is 0 Å². The minimum absolute atomic E-state index is 0.154. The van der Waals surface area contributed by atoms with E-state index in [-0.39, 0.29) is 36.4 Å². The van der Waals surface area contributed by atoms with Gasteiger partial charge in [-0.25, -0.2) is 4.99 Å². The number of nitrogens with zero attached hydrogens (tertiary/aromatic N) is 2. The molecule has 3 aliphatic heterocycles. The van der Waals surface area contributed by atoms with E-state index in [0.29, 0.717) is 23.5 Å². The van der Waals surface area contributed by atoms with Crippen molar-refractivity contribution in [1.29, 1.82) is 0 Å². The molecule has 5 rings (SSSR count). The monoisotopic (exact) mass is 434 g/mol. The first kappa shape index (κ1) is 20.4. The molecule has 0 spiro atoms. The highest BCUT2D eigenvalue weighted by atomic mass is 16.7. The number of allylic oxidation sites excluding steroid dienone is 1. The number of nitrogens with one attached hydrogen (secondary N) is 1. The van der Waals surface area contributed by atoms with Gasteiger partial charge in [-0.3, -0.25) is 9.69 Å². The summed E-state index contributed by atoms with van der Waals surface area (Å²) in [6.07, 6.45) is 4.55. The predicted molar refractivity (Wildman–Crippen MR) is 120 cm³/mol. The zero-order chi connectivity index (χ0) is 22.1. The third-order valence-electron chi connectivity index (χ3n) is 6.19. The molecule has 1 saturated heterocycles. The van der Waals surface area contributed by atoms with Crippen LogP contribution in [0.15, 0.2) is 59.2 Å². The maximum atomic E-state index is 13.6. The Morgan fingerprint density at radius 3 is 2.66 bits per heavy atom. The van der Waals surface area contributed by atoms with Crippen molar-refractivity contribution in [3.05, 3.63) is 65.4 Å². The van der Waals surface area contributed by atoms with E-state index in [1.54, 1.807) is 35.2 Å². The first-order valence-corrected chi connectivity index (χ1v) is 10.9. The molecule has 0 radical (unpaired) electrons. The van der Waals surface area contributed by atoms with Crippen molar-refractivity contribution in [3.8, 4) is 17.2 Å². The number of fused-ring (bicyclic) bond motifs is 1. The summed E-state index contributed by atoms with van der Waals surface area (Å²) in [7, 11) is 0. The van der Waals surface area contributed by atoms with E-state index < -0.39 is 0 Å². The summed E-state index contributed by atoms with van der Waals surface area (Å²) in [6, 6.07) is 12.1. The molecule has 0 saturated carbocycles. The van der Waals surface area contributed by atoms with E-state index in [1.807, 2.05) is 12.1 Å². The fourth-order valence-electron chi connectivity index (χ4n) is 4.52. The second-order valence-electron chi connectivity index (χ2n) is 8.29. The zero-order valence-corrected chi connectivity index (χ0v) is 17.7. The van der Waals surface area contributed by atoms with Gasteiger partial charge in [0.2, 0.25) is 12.8 Å². The molecule has 2 aromatic carbocycles. The average molecular weight is 434 g/mol. The summed E-state index contributed by atoms with van der Waals surface area (Å²) in [6.45, 7) is 1.97. The molecule has 1 fully saturated rings. The van der Waals surface area contributed by atoms with E-state index in [4.69, 9.17) is 15.2 Å². The molecule has 166 valence electrons. The number of guanidine groups is 1. The van der Waals surface area contributed by atoms with Gasteiger partial charge in [0.15, 0.2) is 11.5 Å². The molecule has 1 atom stereocenters. The summed E-state index contributed by atoms with van der Waals surface area (Å²) in [5.74, 6) is 1.69. The van der Waals surface area contributed by atoms with Crippen LogP contribution in [0.1, 0.15) is 28.8 Å². The third-order valence-corrected chi connectivity index (χ3v) is 6.19. The van der Waals surface area contributed by atoms with Crippen molar-refractivity contribution >= 4 is 11.9 Å². The minimum atomic E-state index is -0.201. The lowest BCUT2D eigenvalue weighted by Crippen LogP contribution is -2.53. The summed E-state index contributed by atoms with van der Waals surface area (Å²) < 4.78 is 10.8. The first-order valence-electron chi connectivity index (χ1n) is 10.9. The highest BCUT2D eigenvalue weighted by molar-refractivity contribution is 6.06. The van der Waals surface area contributed by atoms with Gasteiger partial charge in [0.05, 0.1) is 6.04 Å². The molecule has 1 amide bonds. The van der Waals surface area contributed by atoms with Crippen LogP contribution in [0.4, 0.5) is 0 Å². The molecule has 3 heterocycles. The van der Waals surface area contributed by atoms with Crippen LogP contribution in [0.5, 0.6) is 17.2 Å². The number of aromatic hydroxyl groups is 1. The Morgan fingerprint density at radius 2 is 1.88 bits per heavy atom. The predicted octanol–water partition coefficient (Wildman–Crippen LogP) is 2.39. The second-order valence-corrected chi connectivity index (χ2v) is 8.29. The lowest BCUT2D eigenvalue weighted by molar-refractivity contribution is 0.0772. The van der Waals surface area contributed by atoms with Crippen LogP contribution in [-0.2, 0) is 6.42 Å². The molecule has 1 unspecified atom stereocenters. The number of hydrogen-bond acceptors (Lipinski definition) is 7. The largest absolute Gasteiger partial charge is 0.508 e. The molecule has 4 N–H and O–H groups in total. The van der Waals surface area contributed by atoms with Crippen LogP contribution < -0.4 is 20.5 Å². The molecule has 0 aromatic heterocycles. The van der Waals surface area contributed by atoms with Gasteiger partial charge in [0.25, 0.3) is 5.91 Å². The number of ether oxygens (including phenoxy) is 2. The highest BCUT2D eigenvalue weighted by Crippen LogP contribution is 2.34. The highest BCUT2D eigenvalue weighted by Gasteiger charge is 2.36. The Balaban J connectivity index is 1.45. The van der Waals surface area contributed by atoms with Crippen molar-refractivity contribution in [1.82, 2.24) is 10.2 Å². The van der Waals surface area contributed by atoms with Gasteiger partial charge < -0.3 is 25.6 Å². The SMILES string of the molecule is NC1=NC(Cc2ccc(O)cc2)=CC(C2CCNCC2)N1C(=O)c1ccc2c(c1)OCO2. The van der Waals surface area contributed by atoms with E-state index in [1.165, 1.54) is 0 Å². The van der Waals surface area contributed by atoms with Crippen molar-refractivity contribution in [2.75, 3.05) is 19.9 Å². The van der Waals surface area contributed by atoms with Crippen molar-refractivity contribution in [3.63, 3.8) is 0 Å². The Morgan fingerprint density at radius 1 is 1.12 bits per heavy atom. The maximum absolute atomic E-state index is 13.6. The lowest BCUT2D eigenvalue weighted by Gasteiger charge is -2.39. The number of phenols is 1. The van der Waals surface area contributed by atoms with Gasteiger partial charge >= 0.3 is 0 Å². The second kappa shape index (κ2) is 8.55. The standard InChI is InChI=1S/C24H26N4O4/c25-24-27-18(11-15-1-4-19(29)5-2-15)13-20(16-7-9-26-10-8-16)28(24)23(30)17-3-6-21-22(12-17)32-14-31-21/h1-6,12-13,16,20,26,29H,7-11,14H2,(H2,25,27). The lowest BCUT2D eigenvalue weighted by atomic mass is 9.87. The minimum Gasteiger partial charge on any atom is -0.508 e. The molecule has 8 nitrogen and oxygen atoms in total. The Bertz CT molecular complexity index is 1070. The van der Waals surface area contributed by atoms with Crippen LogP contribution in [0.25, 0.3) is 0 Å². The van der Waals surface area contributed by atoms with E-state index in [0.717, 1.165) is 37.2 Å². The van der Waals surface area contributed by atoms with Crippen LogP contribution in [-0.4, -0.2) is 47.8 Å². The molecular weight excluding hydrogens is 408 g/mol. The van der Waals surface area contributed by atoms with Crippen LogP contribution in [0, 0.1) is 5.92 Å². The summed E-state index contributed by atoms with van der Waals surface area (Å²) in [5, 5.41) is 12.9. The molecule has 0 aliphatic carbocycles. The van der Waals surface area contributed by atoms with Gasteiger partial charge in [0, 0.05) is 17.7 Å². The van der Waals surface area contributed by atoms with E-state index in [2.05, 4.69) is 16.4 Å². The van der Waals surface area contributed by atoms with Crippen LogP contribution >= 0.6 is 0 Å². The maximum Gasteiger partial charge on any atom is 0.261 e. The fraction of sp³-hybridized carbons (Fsp3) is 0.333. The van der Waals surface area contributed by atoms with Gasteiger partial charge in [0.1, 0.15) is 5.75 Å². The number of nitrogens with two attached hydrogens (primary N) is 1. The number of benzene rings is 2. The number of rotatable bonds is 4. The van der Waals surface area contributed by atoms with Crippen molar-refractivity contribution < 1.29 is 19.4 Å². The number of carbonyl (C=O) groups is 1. The van der Waals surface area contributed by atoms with E-state index in [9.17, 15) is 9.90 Å². The Kier molecular flexibility index (Phi) is 5.45. The molecule has 3 aliphatic rings. The summed E-state index contributed by atoms with van der Waals surface area (Å²) in [5.41, 5.74) is 8.73. The van der Waals surface area contributed by atoms with Crippen molar-refractivity contribution in [2.45, 2.75) is 25.3 Å². The molecule has 32 heavy (non-hydrogen) atoms. The number of amides is 1. The van der Waals surface area contributed by atoms with E-state index >= 15 is 0 Å². The van der Waals surface area contributed by atoms with Gasteiger partial charge in [-0.15, -0.1) is 0 Å². The quantitative estimate of drug-likeness (QED) is 0.682. The third kappa shape index (κ3) is 4.01. The number of carbonyl (C=O) groups excluding carboxylic acids is 1. The smallest absolute Gasteiger partial charge is 0.261 e. The molecule has 8 heteroatoms. The number of piperidine rings is 1. The molecule has 0 bridgehead atoms. The Labute approximate surface area is 186 Å². The first-order chi connectivity index (χ1) is 15.6. The van der Waals surface area contributed by atoms with Gasteiger partial charge in [-0.1, -0.05) is 12.1 Å². The Hall–Kier alpha value is -3.52. The van der Waals surface area contributed by atoms with Crippen molar-refractivity contribution in [2.24, 2.45) is 16.6 Å². The molecule has 2 aromatic rings. The van der Waals surface area contributed by atoms with Gasteiger partial charge in [-0.2, -0.15) is 0 Å². The average Bonchev–Trinajstić information content (AvgIpc) is 3.28. The summed E-state index contributed by atoms with van der Waals surface area (Å²) >= 11 is 0. The van der Waals surface area contributed by atoms with Gasteiger partial charge in [-0.05, 0) is 73.8 Å². The number of hydrogen-bond donors (Lipinski definition) is 3. The zero-order valence-electron chi connectivity index (χ0n) is 17.7. The normalized spacial score (nSPS) is 20.6. The summed E-state index contributed by atoms with van der Waals surface area (Å²) in [4.78, 5) is 19.8. The number of aliphatic imine (C=N–C) groups is 1. The molecular formula is C24H26N4O4. The number of phenolic OH excluding ortho intramolecular Hbond substituents is 1. The fourth-order valence-corrected chi connectivity index (χ4v) is 4.52. The van der Waals surface area contributed by atoms with Crippen LogP contribution in [0.2, 0.25) is 0 Å². The topological polar surface area (TPSA) is 109 Å².